The molecule has 0 saturated heterocycles. The highest BCUT2D eigenvalue weighted by molar-refractivity contribution is 7.89. The number of carbonyl (C=O) groups excluding carboxylic acids is 2. The molecule has 0 atom stereocenters. The summed E-state index contributed by atoms with van der Waals surface area (Å²) < 4.78 is 49.7. The molecule has 0 aliphatic rings. The minimum absolute atomic E-state index is 0.0832. The van der Waals surface area contributed by atoms with E-state index in [1.165, 1.54) is 63.7 Å². The number of ketones is 1. The van der Waals surface area contributed by atoms with E-state index in [-0.39, 0.29) is 28.7 Å². The molecule has 10 heteroatoms. The lowest BCUT2D eigenvalue weighted by molar-refractivity contribution is -0.118. The Bertz CT molecular complexity index is 1290. The summed E-state index contributed by atoms with van der Waals surface area (Å²) in [5, 5.41) is 2.58. The second-order valence-corrected chi connectivity index (χ2v) is 9.47. The molecule has 0 aliphatic carbocycles. The number of hydrogen-bond acceptors (Lipinski definition) is 6. The molecule has 3 aromatic rings. The van der Waals surface area contributed by atoms with Crippen molar-refractivity contribution in [3.63, 3.8) is 0 Å². The topological polar surface area (TPSA) is 102 Å². The number of rotatable bonds is 9. The summed E-state index contributed by atoms with van der Waals surface area (Å²) in [6, 6.07) is 15.7. The highest BCUT2D eigenvalue weighted by atomic mass is 32.2. The average Bonchev–Trinajstić information content (AvgIpc) is 2.83. The van der Waals surface area contributed by atoms with Gasteiger partial charge in [-0.3, -0.25) is 9.59 Å². The van der Waals surface area contributed by atoms with Gasteiger partial charge >= 0.3 is 0 Å². The normalized spacial score (nSPS) is 11.2. The fraction of sp³-hybridized carbons (Fsp3) is 0.167. The van der Waals surface area contributed by atoms with E-state index in [2.05, 4.69) is 5.32 Å². The predicted octanol–water partition coefficient (Wildman–Crippen LogP) is 3.33. The molecule has 0 spiro atoms. The fourth-order valence-corrected chi connectivity index (χ4v) is 4.04. The third-order valence-electron chi connectivity index (χ3n) is 4.80. The van der Waals surface area contributed by atoms with Crippen molar-refractivity contribution >= 4 is 27.4 Å². The molecule has 0 aliphatic heterocycles. The molecule has 3 aromatic carbocycles. The fourth-order valence-electron chi connectivity index (χ4n) is 2.97. The Morgan fingerprint density at radius 1 is 0.941 bits per heavy atom. The van der Waals surface area contributed by atoms with Crippen molar-refractivity contribution in [3.05, 3.63) is 83.7 Å². The Labute approximate surface area is 197 Å². The Balaban J connectivity index is 1.63. The van der Waals surface area contributed by atoms with Crippen molar-refractivity contribution in [2.75, 3.05) is 33.1 Å². The molecule has 0 radical (unpaired) electrons. The zero-order valence-corrected chi connectivity index (χ0v) is 19.6. The number of ether oxygens (including phenoxy) is 2. The lowest BCUT2D eigenvalue weighted by atomic mass is 10.0. The molecule has 1 amide bonds. The van der Waals surface area contributed by atoms with Gasteiger partial charge in [0.2, 0.25) is 10.0 Å². The van der Waals surface area contributed by atoms with Crippen molar-refractivity contribution < 1.29 is 31.9 Å². The largest absolute Gasteiger partial charge is 0.495 e. The summed E-state index contributed by atoms with van der Waals surface area (Å²) in [5.74, 6) is -0.699. The molecule has 8 nitrogen and oxygen atoms in total. The van der Waals surface area contributed by atoms with Crippen LogP contribution in [0.2, 0.25) is 0 Å². The first-order valence-corrected chi connectivity index (χ1v) is 11.5. The van der Waals surface area contributed by atoms with Crippen LogP contribution in [0, 0.1) is 5.82 Å². The zero-order chi connectivity index (χ0) is 24.9. The number of benzene rings is 3. The van der Waals surface area contributed by atoms with Crippen LogP contribution in [-0.2, 0) is 14.8 Å². The summed E-state index contributed by atoms with van der Waals surface area (Å²) in [7, 11) is 0.359. The van der Waals surface area contributed by atoms with Crippen LogP contribution in [0.25, 0.3) is 0 Å². The van der Waals surface area contributed by atoms with E-state index in [1.54, 1.807) is 24.3 Å². The SMILES string of the molecule is COc1ccc(NC(=O)COc2ccc(C(=O)c3ccc(F)cc3)cc2)cc1S(=O)(=O)N(C)C. The van der Waals surface area contributed by atoms with Gasteiger partial charge in [-0.05, 0) is 66.7 Å². The molecule has 0 fully saturated rings. The van der Waals surface area contributed by atoms with Gasteiger partial charge in [-0.1, -0.05) is 0 Å². The number of nitrogens with one attached hydrogen (secondary N) is 1. The summed E-state index contributed by atoms with van der Waals surface area (Å²) in [5.41, 5.74) is 0.996. The molecule has 3 rings (SSSR count). The van der Waals surface area contributed by atoms with Crippen LogP contribution in [0.5, 0.6) is 11.5 Å². The van der Waals surface area contributed by atoms with Crippen LogP contribution >= 0.6 is 0 Å². The molecule has 0 bridgehead atoms. The Morgan fingerprint density at radius 3 is 2.09 bits per heavy atom. The van der Waals surface area contributed by atoms with Gasteiger partial charge in [-0.2, -0.15) is 0 Å². The third kappa shape index (κ3) is 5.77. The highest BCUT2D eigenvalue weighted by Crippen LogP contribution is 2.28. The molecular formula is C24H23FN2O6S. The number of carbonyl (C=O) groups is 2. The van der Waals surface area contributed by atoms with Crippen molar-refractivity contribution in [2.24, 2.45) is 0 Å². The first-order valence-electron chi connectivity index (χ1n) is 10.1. The number of amides is 1. The number of sulfonamides is 1. The minimum Gasteiger partial charge on any atom is -0.495 e. The molecule has 34 heavy (non-hydrogen) atoms. The van der Waals surface area contributed by atoms with E-state index in [0.29, 0.717) is 16.9 Å². The summed E-state index contributed by atoms with van der Waals surface area (Å²) in [6.07, 6.45) is 0. The second kappa shape index (κ2) is 10.4. The number of hydrogen-bond donors (Lipinski definition) is 1. The van der Waals surface area contributed by atoms with Gasteiger partial charge in [0.25, 0.3) is 5.91 Å². The molecule has 0 aromatic heterocycles. The van der Waals surface area contributed by atoms with Crippen molar-refractivity contribution in [2.45, 2.75) is 4.90 Å². The molecule has 0 heterocycles. The van der Waals surface area contributed by atoms with E-state index in [0.717, 1.165) is 4.31 Å². The number of anilines is 1. The summed E-state index contributed by atoms with van der Waals surface area (Å²) in [6.45, 7) is -0.340. The van der Waals surface area contributed by atoms with Gasteiger partial charge < -0.3 is 14.8 Å². The van der Waals surface area contributed by atoms with Crippen LogP contribution in [0.4, 0.5) is 10.1 Å². The van der Waals surface area contributed by atoms with E-state index >= 15 is 0 Å². The maximum absolute atomic E-state index is 13.0. The van der Waals surface area contributed by atoms with Crippen molar-refractivity contribution in [3.8, 4) is 11.5 Å². The van der Waals surface area contributed by atoms with Crippen LogP contribution in [-0.4, -0.2) is 52.2 Å². The zero-order valence-electron chi connectivity index (χ0n) is 18.7. The third-order valence-corrected chi connectivity index (χ3v) is 6.64. The first kappa shape index (κ1) is 24.9. The Morgan fingerprint density at radius 2 is 1.53 bits per heavy atom. The van der Waals surface area contributed by atoms with Crippen LogP contribution < -0.4 is 14.8 Å². The minimum atomic E-state index is -3.79. The maximum atomic E-state index is 13.0. The van der Waals surface area contributed by atoms with Crippen molar-refractivity contribution in [1.82, 2.24) is 4.31 Å². The molecule has 1 N–H and O–H groups in total. The van der Waals surface area contributed by atoms with Gasteiger partial charge in [-0.25, -0.2) is 17.1 Å². The van der Waals surface area contributed by atoms with Crippen LogP contribution in [0.1, 0.15) is 15.9 Å². The van der Waals surface area contributed by atoms with Gasteiger partial charge in [0.15, 0.2) is 12.4 Å². The van der Waals surface area contributed by atoms with Gasteiger partial charge in [0, 0.05) is 30.9 Å². The van der Waals surface area contributed by atoms with Gasteiger partial charge in [0.1, 0.15) is 22.2 Å². The number of methoxy groups -OCH3 is 1. The lowest BCUT2D eigenvalue weighted by Crippen LogP contribution is -2.24. The van der Waals surface area contributed by atoms with Gasteiger partial charge in [-0.15, -0.1) is 0 Å². The van der Waals surface area contributed by atoms with E-state index in [4.69, 9.17) is 9.47 Å². The molecular weight excluding hydrogens is 463 g/mol. The maximum Gasteiger partial charge on any atom is 0.262 e. The van der Waals surface area contributed by atoms with Crippen LogP contribution in [0.3, 0.4) is 0 Å². The quantitative estimate of drug-likeness (QED) is 0.466. The first-order chi connectivity index (χ1) is 16.1. The number of halogens is 1. The standard InChI is InChI=1S/C24H23FN2O6S/c1-27(2)34(30,31)22-14-19(10-13-21(22)32-3)26-23(28)15-33-20-11-6-17(7-12-20)24(29)16-4-8-18(25)9-5-16/h4-14H,15H2,1-3H3,(H,26,28). The highest BCUT2D eigenvalue weighted by Gasteiger charge is 2.23. The molecule has 0 unspecified atom stereocenters. The van der Waals surface area contributed by atoms with E-state index < -0.39 is 21.7 Å². The van der Waals surface area contributed by atoms with Gasteiger partial charge in [0.05, 0.1) is 7.11 Å². The van der Waals surface area contributed by atoms with E-state index in [9.17, 15) is 22.4 Å². The Kier molecular flexibility index (Phi) is 7.64. The average molecular weight is 487 g/mol. The van der Waals surface area contributed by atoms with Crippen molar-refractivity contribution in [1.29, 1.82) is 0 Å². The van der Waals surface area contributed by atoms with E-state index in [1.807, 2.05) is 0 Å². The lowest BCUT2D eigenvalue weighted by Gasteiger charge is -2.16. The second-order valence-electron chi connectivity index (χ2n) is 7.35. The molecule has 0 saturated carbocycles. The monoisotopic (exact) mass is 486 g/mol. The summed E-state index contributed by atoms with van der Waals surface area (Å²) in [4.78, 5) is 24.7. The molecule has 178 valence electrons. The smallest absolute Gasteiger partial charge is 0.262 e. The number of nitrogens with zero attached hydrogens (tertiary/aromatic N) is 1. The Hall–Kier alpha value is -3.76. The van der Waals surface area contributed by atoms with Crippen LogP contribution in [0.15, 0.2) is 71.6 Å². The predicted molar refractivity (Wildman–Crippen MR) is 124 cm³/mol. The summed E-state index contributed by atoms with van der Waals surface area (Å²) >= 11 is 0.